The van der Waals surface area contributed by atoms with Gasteiger partial charge < -0.3 is 9.30 Å². The van der Waals surface area contributed by atoms with E-state index in [0.29, 0.717) is 6.10 Å². The lowest BCUT2D eigenvalue weighted by Crippen LogP contribution is -2.25. The standard InChI is InChI=1S/C13H17NO/c1-14-8-2-3-10(14)13-7-6-12(4-5-12)9-11(13)15-13/h2-3,8,11H,4-7,9H2,1H3/t11-,13-/m1/s1. The molecule has 1 spiro atoms. The second-order valence-corrected chi connectivity index (χ2v) is 5.70. The average Bonchev–Trinajstić information content (AvgIpc) is 3.10. The van der Waals surface area contributed by atoms with E-state index in [1.54, 1.807) is 0 Å². The van der Waals surface area contributed by atoms with Gasteiger partial charge in [0.15, 0.2) is 0 Å². The largest absolute Gasteiger partial charge is 0.359 e. The third-order valence-corrected chi connectivity index (χ3v) is 4.80. The third-order valence-electron chi connectivity index (χ3n) is 4.80. The minimum atomic E-state index is 0.117. The lowest BCUT2D eigenvalue weighted by atomic mass is 9.78. The van der Waals surface area contributed by atoms with E-state index in [1.165, 1.54) is 37.8 Å². The summed E-state index contributed by atoms with van der Waals surface area (Å²) in [5.74, 6) is 0. The summed E-state index contributed by atoms with van der Waals surface area (Å²) in [6, 6.07) is 4.36. The second-order valence-electron chi connectivity index (χ2n) is 5.70. The fourth-order valence-corrected chi connectivity index (χ4v) is 3.48. The summed E-state index contributed by atoms with van der Waals surface area (Å²) in [6.07, 6.45) is 9.51. The van der Waals surface area contributed by atoms with Gasteiger partial charge in [0, 0.05) is 13.2 Å². The van der Waals surface area contributed by atoms with Crippen LogP contribution in [0.2, 0.25) is 0 Å². The first-order chi connectivity index (χ1) is 7.24. The van der Waals surface area contributed by atoms with Gasteiger partial charge in [0.1, 0.15) is 5.60 Å². The van der Waals surface area contributed by atoms with Gasteiger partial charge in [-0.05, 0) is 49.7 Å². The molecule has 15 heavy (non-hydrogen) atoms. The zero-order valence-electron chi connectivity index (χ0n) is 9.20. The molecule has 1 aromatic heterocycles. The van der Waals surface area contributed by atoms with Crippen LogP contribution in [0.25, 0.3) is 0 Å². The number of hydrogen-bond acceptors (Lipinski definition) is 1. The summed E-state index contributed by atoms with van der Waals surface area (Å²) in [6.45, 7) is 0. The van der Waals surface area contributed by atoms with Crippen LogP contribution in [0.1, 0.15) is 37.8 Å². The van der Waals surface area contributed by atoms with Crippen molar-refractivity contribution in [3.05, 3.63) is 24.0 Å². The first-order valence-electron chi connectivity index (χ1n) is 6.04. The maximum absolute atomic E-state index is 6.05. The van der Waals surface area contributed by atoms with E-state index >= 15 is 0 Å². The Hall–Kier alpha value is -0.760. The Bertz CT molecular complexity index is 418. The smallest absolute Gasteiger partial charge is 0.134 e. The topological polar surface area (TPSA) is 17.5 Å². The van der Waals surface area contributed by atoms with Gasteiger partial charge >= 0.3 is 0 Å². The summed E-state index contributed by atoms with van der Waals surface area (Å²) in [5.41, 5.74) is 2.23. The molecule has 80 valence electrons. The van der Waals surface area contributed by atoms with Crippen LogP contribution in [0.4, 0.5) is 0 Å². The van der Waals surface area contributed by atoms with Crippen molar-refractivity contribution in [3.8, 4) is 0 Å². The number of aromatic nitrogens is 1. The molecule has 1 aliphatic heterocycles. The molecule has 0 bridgehead atoms. The summed E-state index contributed by atoms with van der Waals surface area (Å²) in [7, 11) is 2.13. The van der Waals surface area contributed by atoms with E-state index in [-0.39, 0.29) is 5.60 Å². The highest BCUT2D eigenvalue weighted by molar-refractivity contribution is 5.27. The molecular formula is C13H17NO. The van der Waals surface area contributed by atoms with Gasteiger partial charge in [-0.2, -0.15) is 0 Å². The first-order valence-corrected chi connectivity index (χ1v) is 6.04. The van der Waals surface area contributed by atoms with Crippen molar-refractivity contribution in [2.24, 2.45) is 12.5 Å². The molecule has 2 aliphatic carbocycles. The summed E-state index contributed by atoms with van der Waals surface area (Å²) >= 11 is 0. The van der Waals surface area contributed by atoms with Crippen LogP contribution >= 0.6 is 0 Å². The van der Waals surface area contributed by atoms with Crippen LogP contribution in [0, 0.1) is 5.41 Å². The lowest BCUT2D eigenvalue weighted by molar-refractivity contribution is 0.270. The molecule has 2 heteroatoms. The first kappa shape index (κ1) is 8.40. The van der Waals surface area contributed by atoms with Crippen molar-refractivity contribution >= 4 is 0 Å². The second kappa shape index (κ2) is 2.32. The van der Waals surface area contributed by atoms with Crippen molar-refractivity contribution in [3.63, 3.8) is 0 Å². The highest BCUT2D eigenvalue weighted by Gasteiger charge is 2.66. The number of rotatable bonds is 1. The Morgan fingerprint density at radius 2 is 2.13 bits per heavy atom. The fraction of sp³-hybridized carbons (Fsp3) is 0.692. The molecule has 0 aromatic carbocycles. The molecule has 0 N–H and O–H groups in total. The van der Waals surface area contributed by atoms with E-state index < -0.39 is 0 Å². The molecule has 4 rings (SSSR count). The van der Waals surface area contributed by atoms with Gasteiger partial charge in [-0.25, -0.2) is 0 Å². The van der Waals surface area contributed by atoms with E-state index in [0.717, 1.165) is 5.41 Å². The van der Waals surface area contributed by atoms with Crippen molar-refractivity contribution < 1.29 is 4.74 Å². The number of fused-ring (bicyclic) bond motifs is 1. The molecule has 1 saturated heterocycles. The molecule has 0 radical (unpaired) electrons. The predicted molar refractivity (Wildman–Crippen MR) is 57.5 cm³/mol. The Morgan fingerprint density at radius 3 is 2.73 bits per heavy atom. The van der Waals surface area contributed by atoms with Crippen molar-refractivity contribution in [2.75, 3.05) is 0 Å². The van der Waals surface area contributed by atoms with E-state index in [4.69, 9.17) is 4.74 Å². The third kappa shape index (κ3) is 0.984. The normalized spacial score (nSPS) is 40.2. The average molecular weight is 203 g/mol. The summed E-state index contributed by atoms with van der Waals surface area (Å²) < 4.78 is 8.27. The molecule has 1 aromatic rings. The van der Waals surface area contributed by atoms with Gasteiger partial charge in [0.25, 0.3) is 0 Å². The van der Waals surface area contributed by atoms with Crippen LogP contribution in [0.15, 0.2) is 18.3 Å². The Kier molecular flexibility index (Phi) is 1.30. The minimum Gasteiger partial charge on any atom is -0.359 e. The van der Waals surface area contributed by atoms with E-state index in [9.17, 15) is 0 Å². The summed E-state index contributed by atoms with van der Waals surface area (Å²) in [5, 5.41) is 0. The molecule has 3 aliphatic rings. The fourth-order valence-electron chi connectivity index (χ4n) is 3.48. The number of ether oxygens (including phenoxy) is 1. The maximum atomic E-state index is 6.05. The zero-order valence-corrected chi connectivity index (χ0v) is 9.20. The van der Waals surface area contributed by atoms with Gasteiger partial charge in [-0.1, -0.05) is 0 Å². The van der Waals surface area contributed by atoms with Crippen molar-refractivity contribution in [1.29, 1.82) is 0 Å². The molecule has 0 amide bonds. The molecule has 2 nitrogen and oxygen atoms in total. The van der Waals surface area contributed by atoms with Crippen LogP contribution < -0.4 is 0 Å². The molecule has 0 unspecified atom stereocenters. The number of nitrogens with zero attached hydrogens (tertiary/aromatic N) is 1. The SMILES string of the molecule is Cn1cccc1[C@]12CCC3(CC3)C[C@H]1O2. The van der Waals surface area contributed by atoms with Crippen LogP contribution in [0.3, 0.4) is 0 Å². The molecule has 3 fully saturated rings. The van der Waals surface area contributed by atoms with Crippen molar-refractivity contribution in [1.82, 2.24) is 4.57 Å². The van der Waals surface area contributed by atoms with Gasteiger partial charge in [-0.3, -0.25) is 0 Å². The monoisotopic (exact) mass is 203 g/mol. The van der Waals surface area contributed by atoms with Crippen molar-refractivity contribution in [2.45, 2.75) is 43.8 Å². The quantitative estimate of drug-likeness (QED) is 0.641. The van der Waals surface area contributed by atoms with E-state index in [2.05, 4.69) is 29.9 Å². The Labute approximate surface area is 90.2 Å². The maximum Gasteiger partial charge on any atom is 0.134 e. The minimum absolute atomic E-state index is 0.117. The molecule has 2 atom stereocenters. The zero-order chi connectivity index (χ0) is 10.1. The van der Waals surface area contributed by atoms with Crippen LogP contribution in [-0.4, -0.2) is 10.7 Å². The number of epoxide rings is 1. The van der Waals surface area contributed by atoms with E-state index in [1.807, 2.05) is 0 Å². The molecule has 2 saturated carbocycles. The Balaban J connectivity index is 1.67. The van der Waals surface area contributed by atoms with Crippen LogP contribution in [0.5, 0.6) is 0 Å². The number of aryl methyl sites for hydroxylation is 1. The van der Waals surface area contributed by atoms with Gasteiger partial charge in [0.2, 0.25) is 0 Å². The number of hydrogen-bond donors (Lipinski definition) is 0. The molecule has 2 heterocycles. The van der Waals surface area contributed by atoms with Gasteiger partial charge in [-0.15, -0.1) is 0 Å². The Morgan fingerprint density at radius 1 is 1.33 bits per heavy atom. The van der Waals surface area contributed by atoms with Crippen LogP contribution in [-0.2, 0) is 17.4 Å². The molecular weight excluding hydrogens is 186 g/mol. The highest BCUT2D eigenvalue weighted by Crippen LogP contribution is 2.67. The highest BCUT2D eigenvalue weighted by atomic mass is 16.6. The lowest BCUT2D eigenvalue weighted by Gasteiger charge is -2.24. The predicted octanol–water partition coefficient (Wildman–Crippen LogP) is 2.58. The summed E-state index contributed by atoms with van der Waals surface area (Å²) in [4.78, 5) is 0. The van der Waals surface area contributed by atoms with Gasteiger partial charge in [0.05, 0.1) is 11.8 Å².